The summed E-state index contributed by atoms with van der Waals surface area (Å²) < 4.78 is 4.81. The van der Waals surface area contributed by atoms with Gasteiger partial charge >= 0.3 is 5.97 Å². The van der Waals surface area contributed by atoms with Gasteiger partial charge in [-0.1, -0.05) is 6.92 Å². The topological polar surface area (TPSA) is 52.3 Å². The molecule has 0 aromatic rings. The molecule has 0 spiro atoms. The number of carbonyl (C=O) groups excluding carboxylic acids is 1. The Bertz CT molecular complexity index is 175. The average molecular weight is 171 g/mol. The van der Waals surface area contributed by atoms with Crippen molar-refractivity contribution in [3.63, 3.8) is 0 Å². The van der Waals surface area contributed by atoms with Gasteiger partial charge in [0.15, 0.2) is 0 Å². The van der Waals surface area contributed by atoms with E-state index in [1.54, 1.807) is 6.92 Å². The first-order chi connectivity index (χ1) is 5.57. The number of esters is 1. The van der Waals surface area contributed by atoms with Crippen LogP contribution >= 0.6 is 0 Å². The van der Waals surface area contributed by atoms with Gasteiger partial charge in [0.1, 0.15) is 6.04 Å². The number of carbonyl (C=O) groups is 1. The maximum Gasteiger partial charge on any atom is 0.322 e. The van der Waals surface area contributed by atoms with Crippen molar-refractivity contribution in [3.8, 4) is 0 Å². The van der Waals surface area contributed by atoms with Crippen molar-refractivity contribution in [2.24, 2.45) is 11.1 Å². The molecule has 1 fully saturated rings. The Morgan fingerprint density at radius 2 is 2.25 bits per heavy atom. The molecular weight excluding hydrogens is 154 g/mol. The van der Waals surface area contributed by atoms with Crippen LogP contribution in [0.5, 0.6) is 0 Å². The normalized spacial score (nSPS) is 21.6. The molecule has 3 nitrogen and oxygen atoms in total. The van der Waals surface area contributed by atoms with E-state index in [4.69, 9.17) is 10.5 Å². The van der Waals surface area contributed by atoms with Crippen LogP contribution in [0, 0.1) is 5.41 Å². The van der Waals surface area contributed by atoms with Gasteiger partial charge in [0.05, 0.1) is 6.61 Å². The molecule has 12 heavy (non-hydrogen) atoms. The Balaban J connectivity index is 2.27. The monoisotopic (exact) mass is 171 g/mol. The van der Waals surface area contributed by atoms with Gasteiger partial charge < -0.3 is 10.5 Å². The molecule has 1 saturated carbocycles. The molecule has 70 valence electrons. The lowest BCUT2D eigenvalue weighted by Gasteiger charge is -2.14. The van der Waals surface area contributed by atoms with Crippen molar-refractivity contribution >= 4 is 5.97 Å². The molecular formula is C9H17NO2. The molecule has 0 aromatic carbocycles. The zero-order valence-electron chi connectivity index (χ0n) is 7.80. The van der Waals surface area contributed by atoms with Crippen LogP contribution in [-0.2, 0) is 9.53 Å². The fourth-order valence-electron chi connectivity index (χ4n) is 1.28. The molecule has 0 unspecified atom stereocenters. The van der Waals surface area contributed by atoms with Crippen LogP contribution < -0.4 is 5.73 Å². The van der Waals surface area contributed by atoms with Gasteiger partial charge in [-0.05, 0) is 31.6 Å². The maximum atomic E-state index is 11.1. The lowest BCUT2D eigenvalue weighted by Crippen LogP contribution is -2.34. The van der Waals surface area contributed by atoms with E-state index >= 15 is 0 Å². The molecule has 0 heterocycles. The van der Waals surface area contributed by atoms with Crippen LogP contribution in [0.3, 0.4) is 0 Å². The van der Waals surface area contributed by atoms with E-state index in [0.717, 1.165) is 6.42 Å². The SMILES string of the molecule is CCOC(=O)[C@@H](N)CC1(C)CC1. The fourth-order valence-corrected chi connectivity index (χ4v) is 1.28. The third-order valence-corrected chi connectivity index (χ3v) is 2.41. The Kier molecular flexibility index (Phi) is 2.73. The first kappa shape index (κ1) is 9.52. The second-order valence-corrected chi connectivity index (χ2v) is 3.87. The third-order valence-electron chi connectivity index (χ3n) is 2.41. The Morgan fingerprint density at radius 1 is 1.67 bits per heavy atom. The summed E-state index contributed by atoms with van der Waals surface area (Å²) in [5.41, 5.74) is 5.98. The van der Waals surface area contributed by atoms with E-state index in [1.165, 1.54) is 12.8 Å². The smallest absolute Gasteiger partial charge is 0.322 e. The lowest BCUT2D eigenvalue weighted by atomic mass is 10.00. The third kappa shape index (κ3) is 2.48. The predicted molar refractivity (Wildman–Crippen MR) is 46.6 cm³/mol. The summed E-state index contributed by atoms with van der Waals surface area (Å²) in [5.74, 6) is -0.259. The minimum Gasteiger partial charge on any atom is -0.465 e. The van der Waals surface area contributed by atoms with Gasteiger partial charge in [-0.3, -0.25) is 4.79 Å². The minimum absolute atomic E-state index is 0.259. The first-order valence-corrected chi connectivity index (χ1v) is 4.49. The van der Waals surface area contributed by atoms with Crippen LogP contribution in [0.4, 0.5) is 0 Å². The van der Waals surface area contributed by atoms with E-state index in [0.29, 0.717) is 12.0 Å². The summed E-state index contributed by atoms with van der Waals surface area (Å²) in [6.07, 6.45) is 3.16. The number of nitrogens with two attached hydrogens (primary N) is 1. The Hall–Kier alpha value is -0.570. The van der Waals surface area contributed by atoms with Crippen molar-refractivity contribution in [1.82, 2.24) is 0 Å². The van der Waals surface area contributed by atoms with E-state index < -0.39 is 6.04 Å². The number of rotatable bonds is 4. The standard InChI is InChI=1S/C9H17NO2/c1-3-12-8(11)7(10)6-9(2)4-5-9/h7H,3-6,10H2,1-2H3/t7-/m0/s1. The molecule has 1 aliphatic carbocycles. The largest absolute Gasteiger partial charge is 0.465 e. The van der Waals surface area contributed by atoms with Crippen LogP contribution in [0.25, 0.3) is 0 Å². The molecule has 0 saturated heterocycles. The number of hydrogen-bond donors (Lipinski definition) is 1. The first-order valence-electron chi connectivity index (χ1n) is 4.49. The van der Waals surface area contributed by atoms with Gasteiger partial charge in [0, 0.05) is 0 Å². The molecule has 1 atom stereocenters. The predicted octanol–water partition coefficient (Wildman–Crippen LogP) is 1.07. The summed E-state index contributed by atoms with van der Waals surface area (Å²) in [5, 5.41) is 0. The van der Waals surface area contributed by atoms with Crippen LogP contribution in [0.2, 0.25) is 0 Å². The summed E-state index contributed by atoms with van der Waals surface area (Å²) in [7, 11) is 0. The second-order valence-electron chi connectivity index (χ2n) is 3.87. The molecule has 0 aliphatic heterocycles. The molecule has 3 heteroatoms. The molecule has 0 bridgehead atoms. The highest BCUT2D eigenvalue weighted by atomic mass is 16.5. The molecule has 0 radical (unpaired) electrons. The number of ether oxygens (including phenoxy) is 1. The van der Waals surface area contributed by atoms with Gasteiger partial charge in [0.2, 0.25) is 0 Å². The fraction of sp³-hybridized carbons (Fsp3) is 0.889. The zero-order chi connectivity index (χ0) is 9.19. The lowest BCUT2D eigenvalue weighted by molar-refractivity contribution is -0.145. The highest BCUT2D eigenvalue weighted by Crippen LogP contribution is 2.48. The average Bonchev–Trinajstić information content (AvgIpc) is 2.68. The van der Waals surface area contributed by atoms with E-state index in [-0.39, 0.29) is 5.97 Å². The minimum atomic E-state index is -0.419. The van der Waals surface area contributed by atoms with Gasteiger partial charge in [-0.2, -0.15) is 0 Å². The highest BCUT2D eigenvalue weighted by molar-refractivity contribution is 5.75. The van der Waals surface area contributed by atoms with Gasteiger partial charge in [-0.25, -0.2) is 0 Å². The van der Waals surface area contributed by atoms with Crippen LogP contribution in [0.15, 0.2) is 0 Å². The van der Waals surface area contributed by atoms with Crippen LogP contribution in [-0.4, -0.2) is 18.6 Å². The molecule has 0 amide bonds. The molecule has 1 aliphatic rings. The Labute approximate surface area is 73.3 Å². The Morgan fingerprint density at radius 3 is 2.67 bits per heavy atom. The van der Waals surface area contributed by atoms with Gasteiger partial charge in [-0.15, -0.1) is 0 Å². The number of hydrogen-bond acceptors (Lipinski definition) is 3. The van der Waals surface area contributed by atoms with E-state index in [1.807, 2.05) is 0 Å². The summed E-state index contributed by atoms with van der Waals surface area (Å²) in [6.45, 7) is 4.37. The highest BCUT2D eigenvalue weighted by Gasteiger charge is 2.40. The zero-order valence-corrected chi connectivity index (χ0v) is 7.80. The van der Waals surface area contributed by atoms with Crippen molar-refractivity contribution in [1.29, 1.82) is 0 Å². The van der Waals surface area contributed by atoms with Crippen molar-refractivity contribution < 1.29 is 9.53 Å². The van der Waals surface area contributed by atoms with Gasteiger partial charge in [0.25, 0.3) is 0 Å². The second kappa shape index (κ2) is 3.44. The summed E-state index contributed by atoms with van der Waals surface area (Å²) in [4.78, 5) is 11.1. The van der Waals surface area contributed by atoms with Crippen LogP contribution in [0.1, 0.15) is 33.1 Å². The van der Waals surface area contributed by atoms with Crippen molar-refractivity contribution in [3.05, 3.63) is 0 Å². The van der Waals surface area contributed by atoms with Crippen molar-refractivity contribution in [2.45, 2.75) is 39.2 Å². The molecule has 1 rings (SSSR count). The van der Waals surface area contributed by atoms with Crippen molar-refractivity contribution in [2.75, 3.05) is 6.61 Å². The molecule has 0 aromatic heterocycles. The maximum absolute atomic E-state index is 11.1. The quantitative estimate of drug-likeness (QED) is 0.644. The summed E-state index contributed by atoms with van der Waals surface area (Å²) >= 11 is 0. The summed E-state index contributed by atoms with van der Waals surface area (Å²) in [6, 6.07) is -0.419. The van der Waals surface area contributed by atoms with E-state index in [9.17, 15) is 4.79 Å². The molecule has 2 N–H and O–H groups in total. The van der Waals surface area contributed by atoms with E-state index in [2.05, 4.69) is 6.92 Å².